The van der Waals surface area contributed by atoms with Crippen LogP contribution in [0, 0.1) is 0 Å². The number of rotatable bonds is 1. The van der Waals surface area contributed by atoms with Gasteiger partial charge in [0.1, 0.15) is 0 Å². The molecule has 0 saturated carbocycles. The van der Waals surface area contributed by atoms with Gasteiger partial charge in [0.2, 0.25) is 0 Å². The first-order valence-corrected chi connectivity index (χ1v) is 4.82. The Morgan fingerprint density at radius 1 is 1.54 bits per heavy atom. The Hall–Kier alpha value is -1.20. The third-order valence-corrected chi connectivity index (χ3v) is 2.58. The first kappa shape index (κ1) is 8.40. The molecule has 0 amide bonds. The lowest BCUT2D eigenvalue weighted by Gasteiger charge is -1.96. The molecule has 4 nitrogen and oxygen atoms in total. The van der Waals surface area contributed by atoms with Gasteiger partial charge in [0.25, 0.3) is 0 Å². The highest BCUT2D eigenvalue weighted by molar-refractivity contribution is 7.79. The summed E-state index contributed by atoms with van der Waals surface area (Å²) in [5.74, 6) is 0. The van der Waals surface area contributed by atoms with Gasteiger partial charge in [-0.2, -0.15) is 5.10 Å². The van der Waals surface area contributed by atoms with Crippen molar-refractivity contribution in [3.05, 3.63) is 24.4 Å². The van der Waals surface area contributed by atoms with Gasteiger partial charge in [-0.1, -0.05) is 0 Å². The lowest BCUT2D eigenvalue weighted by atomic mass is 10.3. The third-order valence-electron chi connectivity index (χ3n) is 1.92. The van der Waals surface area contributed by atoms with Gasteiger partial charge in [0, 0.05) is 12.4 Å². The Morgan fingerprint density at radius 2 is 2.31 bits per heavy atom. The molecule has 13 heavy (non-hydrogen) atoms. The minimum absolute atomic E-state index is 0.403. The van der Waals surface area contributed by atoms with Gasteiger partial charge in [0.15, 0.2) is 11.1 Å². The second kappa shape index (κ2) is 2.93. The minimum atomic E-state index is -1.91. The van der Waals surface area contributed by atoms with Crippen molar-refractivity contribution < 1.29 is 8.76 Å². The highest BCUT2D eigenvalue weighted by Crippen LogP contribution is 2.16. The second-order valence-electron chi connectivity index (χ2n) is 2.74. The van der Waals surface area contributed by atoms with Gasteiger partial charge < -0.3 is 4.55 Å². The summed E-state index contributed by atoms with van der Waals surface area (Å²) in [5, 5.41) is 4.91. The average molecular weight is 196 g/mol. The van der Waals surface area contributed by atoms with E-state index in [4.69, 9.17) is 4.55 Å². The standard InChI is InChI=1S/C8H8N2O2S/c1-10-8-3-2-7(13(11)12)4-6(8)5-9-10/h2-5H,1H3,(H,11,12). The Balaban J connectivity index is 2.70. The molecule has 0 aliphatic heterocycles. The Labute approximate surface area is 77.5 Å². The largest absolute Gasteiger partial charge is 0.302 e. The van der Waals surface area contributed by atoms with Gasteiger partial charge in [-0.15, -0.1) is 0 Å². The van der Waals surface area contributed by atoms with E-state index >= 15 is 0 Å². The molecule has 1 aromatic heterocycles. The topological polar surface area (TPSA) is 55.1 Å². The van der Waals surface area contributed by atoms with Gasteiger partial charge in [-0.05, 0) is 18.2 Å². The molecule has 1 unspecified atom stereocenters. The lowest BCUT2D eigenvalue weighted by molar-refractivity contribution is 0.564. The summed E-state index contributed by atoms with van der Waals surface area (Å²) in [7, 11) is 1.83. The van der Waals surface area contributed by atoms with Crippen molar-refractivity contribution in [1.82, 2.24) is 9.78 Å². The molecule has 0 saturated heterocycles. The molecule has 0 radical (unpaired) electrons. The van der Waals surface area contributed by atoms with E-state index in [1.165, 1.54) is 0 Å². The van der Waals surface area contributed by atoms with E-state index in [1.54, 1.807) is 29.1 Å². The van der Waals surface area contributed by atoms with E-state index in [0.717, 1.165) is 10.9 Å². The summed E-state index contributed by atoms with van der Waals surface area (Å²) in [6.45, 7) is 0. The van der Waals surface area contributed by atoms with E-state index < -0.39 is 11.1 Å². The fourth-order valence-electron chi connectivity index (χ4n) is 1.25. The predicted molar refractivity (Wildman–Crippen MR) is 49.8 cm³/mol. The molecule has 5 heteroatoms. The minimum Gasteiger partial charge on any atom is -0.302 e. The van der Waals surface area contributed by atoms with Crippen LogP contribution in [-0.4, -0.2) is 18.5 Å². The highest BCUT2D eigenvalue weighted by atomic mass is 32.2. The van der Waals surface area contributed by atoms with E-state index in [0.29, 0.717) is 4.90 Å². The van der Waals surface area contributed by atoms with Crippen molar-refractivity contribution in [2.75, 3.05) is 0 Å². The van der Waals surface area contributed by atoms with E-state index in [2.05, 4.69) is 5.10 Å². The molecule has 0 fully saturated rings. The number of hydrogen-bond acceptors (Lipinski definition) is 2. The maximum atomic E-state index is 10.7. The van der Waals surface area contributed by atoms with Crippen LogP contribution in [0.15, 0.2) is 29.3 Å². The molecule has 0 spiro atoms. The second-order valence-corrected chi connectivity index (χ2v) is 3.71. The van der Waals surface area contributed by atoms with Crippen LogP contribution in [0.3, 0.4) is 0 Å². The van der Waals surface area contributed by atoms with Crippen molar-refractivity contribution in [3.63, 3.8) is 0 Å². The number of hydrogen-bond donors (Lipinski definition) is 1. The van der Waals surface area contributed by atoms with Crippen LogP contribution < -0.4 is 0 Å². The summed E-state index contributed by atoms with van der Waals surface area (Å²) >= 11 is -1.91. The maximum absolute atomic E-state index is 10.7. The zero-order chi connectivity index (χ0) is 9.42. The summed E-state index contributed by atoms with van der Waals surface area (Å²) in [5.41, 5.74) is 0.953. The maximum Gasteiger partial charge on any atom is 0.186 e. The van der Waals surface area contributed by atoms with Crippen molar-refractivity contribution in [2.24, 2.45) is 7.05 Å². The fraction of sp³-hybridized carbons (Fsp3) is 0.125. The van der Waals surface area contributed by atoms with E-state index in [-0.39, 0.29) is 0 Å². The van der Waals surface area contributed by atoms with E-state index in [1.807, 2.05) is 7.05 Å². The number of aromatic nitrogens is 2. The fourth-order valence-corrected chi connectivity index (χ4v) is 1.66. The molecule has 0 bridgehead atoms. The van der Waals surface area contributed by atoms with Crippen LogP contribution in [-0.2, 0) is 18.1 Å². The van der Waals surface area contributed by atoms with Gasteiger partial charge >= 0.3 is 0 Å². The average Bonchev–Trinajstić information content (AvgIpc) is 2.47. The molecule has 1 N–H and O–H groups in total. The molecule has 1 heterocycles. The Bertz CT molecular complexity index is 478. The molecule has 1 atom stereocenters. The SMILES string of the molecule is Cn1ncc2cc(S(=O)O)ccc21. The van der Waals surface area contributed by atoms with Crippen LogP contribution >= 0.6 is 0 Å². The molecule has 68 valence electrons. The van der Waals surface area contributed by atoms with Gasteiger partial charge in [0.05, 0.1) is 16.6 Å². The van der Waals surface area contributed by atoms with Crippen LogP contribution in [0.5, 0.6) is 0 Å². The zero-order valence-electron chi connectivity index (χ0n) is 6.97. The van der Waals surface area contributed by atoms with Crippen molar-refractivity contribution in [3.8, 4) is 0 Å². The molecule has 2 aromatic rings. The summed E-state index contributed by atoms with van der Waals surface area (Å²) < 4.78 is 21.3. The Kier molecular flexibility index (Phi) is 1.90. The molecular weight excluding hydrogens is 188 g/mol. The molecule has 0 aliphatic rings. The number of benzene rings is 1. The smallest absolute Gasteiger partial charge is 0.186 e. The number of nitrogens with zero attached hydrogens (tertiary/aromatic N) is 2. The molecule has 2 rings (SSSR count). The third kappa shape index (κ3) is 1.36. The summed E-state index contributed by atoms with van der Waals surface area (Å²) in [6.07, 6.45) is 1.67. The first-order chi connectivity index (χ1) is 6.18. The predicted octanol–water partition coefficient (Wildman–Crippen LogP) is 1.15. The summed E-state index contributed by atoms with van der Waals surface area (Å²) in [4.78, 5) is 0.403. The molecule has 0 aliphatic carbocycles. The monoisotopic (exact) mass is 196 g/mol. The van der Waals surface area contributed by atoms with Crippen LogP contribution in [0.2, 0.25) is 0 Å². The quantitative estimate of drug-likeness (QED) is 0.696. The van der Waals surface area contributed by atoms with Crippen molar-refractivity contribution in [2.45, 2.75) is 4.90 Å². The highest BCUT2D eigenvalue weighted by Gasteiger charge is 2.03. The molecular formula is C8H8N2O2S. The van der Waals surface area contributed by atoms with Crippen LogP contribution in [0.4, 0.5) is 0 Å². The summed E-state index contributed by atoms with van der Waals surface area (Å²) in [6, 6.07) is 5.07. The lowest BCUT2D eigenvalue weighted by Crippen LogP contribution is -1.90. The number of aryl methyl sites for hydroxylation is 1. The van der Waals surface area contributed by atoms with Gasteiger partial charge in [-0.25, -0.2) is 4.21 Å². The normalized spacial score (nSPS) is 13.4. The van der Waals surface area contributed by atoms with Crippen molar-refractivity contribution in [1.29, 1.82) is 0 Å². The van der Waals surface area contributed by atoms with Crippen LogP contribution in [0.25, 0.3) is 10.9 Å². The zero-order valence-corrected chi connectivity index (χ0v) is 7.78. The van der Waals surface area contributed by atoms with E-state index in [9.17, 15) is 4.21 Å². The first-order valence-electron chi connectivity index (χ1n) is 3.71. The molecule has 1 aromatic carbocycles. The number of fused-ring (bicyclic) bond motifs is 1. The van der Waals surface area contributed by atoms with Crippen LogP contribution in [0.1, 0.15) is 0 Å². The van der Waals surface area contributed by atoms with Crippen molar-refractivity contribution >= 4 is 22.0 Å². The Morgan fingerprint density at radius 3 is 3.00 bits per heavy atom. The van der Waals surface area contributed by atoms with Gasteiger partial charge in [-0.3, -0.25) is 4.68 Å².